The summed E-state index contributed by atoms with van der Waals surface area (Å²) < 4.78 is 5.64. The Balaban J connectivity index is 2.12. The second-order valence-electron chi connectivity index (χ2n) is 6.09. The molecule has 106 valence electrons. The van der Waals surface area contributed by atoms with Gasteiger partial charge in [-0.1, -0.05) is 38.1 Å². The molecule has 2 nitrogen and oxygen atoms in total. The molecule has 2 unspecified atom stereocenters. The smallest absolute Gasteiger partial charge is 0.0512 e. The Morgan fingerprint density at radius 3 is 2.84 bits per heavy atom. The fraction of sp³-hybridized carbons (Fsp3) is 0.647. The largest absolute Gasteiger partial charge is 0.381 e. The molecule has 1 saturated heterocycles. The first-order chi connectivity index (χ1) is 9.20. The predicted octanol–water partition coefficient (Wildman–Crippen LogP) is 3.57. The first-order valence-corrected chi connectivity index (χ1v) is 7.54. The van der Waals surface area contributed by atoms with Crippen LogP contribution in [0.15, 0.2) is 24.3 Å². The van der Waals surface area contributed by atoms with E-state index < -0.39 is 0 Å². The van der Waals surface area contributed by atoms with Gasteiger partial charge in [0.25, 0.3) is 0 Å². The van der Waals surface area contributed by atoms with E-state index in [0.29, 0.717) is 17.9 Å². The molecule has 2 atom stereocenters. The maximum absolute atomic E-state index is 5.64. The van der Waals surface area contributed by atoms with Gasteiger partial charge in [-0.05, 0) is 43.4 Å². The van der Waals surface area contributed by atoms with E-state index in [0.717, 1.165) is 19.6 Å². The molecule has 2 heteroatoms. The van der Waals surface area contributed by atoms with Crippen molar-refractivity contribution >= 4 is 0 Å². The van der Waals surface area contributed by atoms with Crippen molar-refractivity contribution in [2.45, 2.75) is 39.2 Å². The third-order valence-corrected chi connectivity index (χ3v) is 3.93. The molecular formula is C17H27NO. The van der Waals surface area contributed by atoms with Crippen LogP contribution in [0.5, 0.6) is 0 Å². The number of rotatable bonds is 5. The molecule has 0 spiro atoms. The number of hydrogen-bond donors (Lipinski definition) is 1. The molecule has 1 N–H and O–H groups in total. The summed E-state index contributed by atoms with van der Waals surface area (Å²) in [5.41, 5.74) is 2.86. The monoisotopic (exact) mass is 261 g/mol. The first-order valence-electron chi connectivity index (χ1n) is 7.54. The zero-order chi connectivity index (χ0) is 13.7. The number of ether oxygens (including phenoxy) is 1. The van der Waals surface area contributed by atoms with E-state index in [1.165, 1.54) is 24.0 Å². The maximum atomic E-state index is 5.64. The van der Waals surface area contributed by atoms with Crippen molar-refractivity contribution in [3.63, 3.8) is 0 Å². The quantitative estimate of drug-likeness (QED) is 0.875. The van der Waals surface area contributed by atoms with E-state index in [2.05, 4.69) is 50.5 Å². The van der Waals surface area contributed by atoms with Gasteiger partial charge in [0, 0.05) is 18.6 Å². The molecule has 1 aliphatic heterocycles. The highest BCUT2D eigenvalue weighted by atomic mass is 16.5. The van der Waals surface area contributed by atoms with Gasteiger partial charge in [0.15, 0.2) is 0 Å². The summed E-state index contributed by atoms with van der Waals surface area (Å²) in [7, 11) is 2.06. The Kier molecular flexibility index (Phi) is 5.41. The van der Waals surface area contributed by atoms with E-state index in [1.54, 1.807) is 0 Å². The lowest BCUT2D eigenvalue weighted by atomic mass is 9.87. The topological polar surface area (TPSA) is 21.3 Å². The zero-order valence-corrected chi connectivity index (χ0v) is 12.5. The summed E-state index contributed by atoms with van der Waals surface area (Å²) in [6, 6.07) is 9.48. The highest BCUT2D eigenvalue weighted by Gasteiger charge is 2.24. The Morgan fingerprint density at radius 1 is 1.37 bits per heavy atom. The molecule has 1 aromatic carbocycles. The van der Waals surface area contributed by atoms with Crippen LogP contribution < -0.4 is 5.32 Å². The second-order valence-corrected chi connectivity index (χ2v) is 6.09. The molecule has 1 aliphatic rings. The maximum Gasteiger partial charge on any atom is 0.0512 e. The van der Waals surface area contributed by atoms with Crippen molar-refractivity contribution in [3.8, 4) is 0 Å². The molecule has 0 amide bonds. The van der Waals surface area contributed by atoms with Crippen molar-refractivity contribution in [2.24, 2.45) is 11.8 Å². The van der Waals surface area contributed by atoms with Crippen molar-refractivity contribution in [1.82, 2.24) is 5.32 Å². The SMILES string of the molecule is CNC(c1cccc(CC(C)C)c1)C1CCCOC1. The third-order valence-electron chi connectivity index (χ3n) is 3.93. The van der Waals surface area contributed by atoms with Crippen molar-refractivity contribution in [1.29, 1.82) is 0 Å². The second kappa shape index (κ2) is 7.06. The first kappa shape index (κ1) is 14.5. The van der Waals surface area contributed by atoms with Gasteiger partial charge >= 0.3 is 0 Å². The molecule has 0 aromatic heterocycles. The number of benzene rings is 1. The number of nitrogens with one attached hydrogen (secondary N) is 1. The van der Waals surface area contributed by atoms with Crippen molar-refractivity contribution in [3.05, 3.63) is 35.4 Å². The molecule has 1 fully saturated rings. The minimum atomic E-state index is 0.424. The van der Waals surface area contributed by atoms with Crippen LogP contribution in [0.3, 0.4) is 0 Å². The van der Waals surface area contributed by atoms with Crippen LogP contribution in [0.1, 0.15) is 43.9 Å². The van der Waals surface area contributed by atoms with Crippen LogP contribution in [0.25, 0.3) is 0 Å². The Morgan fingerprint density at radius 2 is 2.21 bits per heavy atom. The van der Waals surface area contributed by atoms with Crippen LogP contribution >= 0.6 is 0 Å². The van der Waals surface area contributed by atoms with Crippen LogP contribution in [-0.4, -0.2) is 20.3 Å². The predicted molar refractivity (Wildman–Crippen MR) is 80.3 cm³/mol. The molecular weight excluding hydrogens is 234 g/mol. The fourth-order valence-electron chi connectivity index (χ4n) is 3.09. The Labute approximate surface area is 117 Å². The van der Waals surface area contributed by atoms with Crippen molar-refractivity contribution in [2.75, 3.05) is 20.3 Å². The summed E-state index contributed by atoms with van der Waals surface area (Å²) in [4.78, 5) is 0. The van der Waals surface area contributed by atoms with Gasteiger partial charge in [-0.25, -0.2) is 0 Å². The van der Waals surface area contributed by atoms with E-state index in [4.69, 9.17) is 4.74 Å². The molecule has 0 radical (unpaired) electrons. The summed E-state index contributed by atoms with van der Waals surface area (Å²) in [6.07, 6.45) is 3.61. The Bertz CT molecular complexity index is 383. The van der Waals surface area contributed by atoms with Gasteiger partial charge in [0.1, 0.15) is 0 Å². The van der Waals surface area contributed by atoms with Gasteiger partial charge in [0.2, 0.25) is 0 Å². The summed E-state index contributed by atoms with van der Waals surface area (Å²) in [6.45, 7) is 6.37. The molecule has 0 saturated carbocycles. The van der Waals surface area contributed by atoms with Crippen LogP contribution in [-0.2, 0) is 11.2 Å². The lowest BCUT2D eigenvalue weighted by Gasteiger charge is -2.30. The molecule has 2 rings (SSSR count). The number of hydrogen-bond acceptors (Lipinski definition) is 2. The molecule has 1 heterocycles. The zero-order valence-electron chi connectivity index (χ0n) is 12.5. The molecule has 19 heavy (non-hydrogen) atoms. The van der Waals surface area contributed by atoms with E-state index >= 15 is 0 Å². The minimum Gasteiger partial charge on any atom is -0.381 e. The summed E-state index contributed by atoms with van der Waals surface area (Å²) in [5, 5.41) is 3.49. The molecule has 0 bridgehead atoms. The Hall–Kier alpha value is -0.860. The van der Waals surface area contributed by atoms with Gasteiger partial charge in [-0.3, -0.25) is 0 Å². The lowest BCUT2D eigenvalue weighted by Crippen LogP contribution is -2.31. The normalized spacial score (nSPS) is 21.6. The van der Waals surface area contributed by atoms with E-state index in [1.807, 2.05) is 0 Å². The van der Waals surface area contributed by atoms with E-state index in [9.17, 15) is 0 Å². The van der Waals surface area contributed by atoms with Crippen LogP contribution in [0, 0.1) is 11.8 Å². The fourth-order valence-corrected chi connectivity index (χ4v) is 3.09. The minimum absolute atomic E-state index is 0.424. The van der Waals surface area contributed by atoms with Crippen molar-refractivity contribution < 1.29 is 4.74 Å². The van der Waals surface area contributed by atoms with Gasteiger partial charge in [-0.15, -0.1) is 0 Å². The average Bonchev–Trinajstić information content (AvgIpc) is 2.40. The lowest BCUT2D eigenvalue weighted by molar-refractivity contribution is 0.0402. The standard InChI is InChI=1S/C17H27NO/c1-13(2)10-14-6-4-7-15(11-14)17(18-3)16-8-5-9-19-12-16/h4,6-7,11,13,16-18H,5,8-10,12H2,1-3H3. The molecule has 0 aliphatic carbocycles. The van der Waals surface area contributed by atoms with Gasteiger partial charge in [-0.2, -0.15) is 0 Å². The third kappa shape index (κ3) is 4.05. The average molecular weight is 261 g/mol. The highest BCUT2D eigenvalue weighted by molar-refractivity contribution is 5.27. The summed E-state index contributed by atoms with van der Waals surface area (Å²) >= 11 is 0. The van der Waals surface area contributed by atoms with Crippen LogP contribution in [0.4, 0.5) is 0 Å². The van der Waals surface area contributed by atoms with Gasteiger partial charge in [0.05, 0.1) is 6.61 Å². The summed E-state index contributed by atoms with van der Waals surface area (Å²) in [5.74, 6) is 1.31. The van der Waals surface area contributed by atoms with E-state index in [-0.39, 0.29) is 0 Å². The molecule has 1 aromatic rings. The van der Waals surface area contributed by atoms with Gasteiger partial charge < -0.3 is 10.1 Å². The highest BCUT2D eigenvalue weighted by Crippen LogP contribution is 2.29. The van der Waals surface area contributed by atoms with Crippen LogP contribution in [0.2, 0.25) is 0 Å².